The fourth-order valence-corrected chi connectivity index (χ4v) is 2.88. The lowest BCUT2D eigenvalue weighted by Crippen LogP contribution is -2.38. The number of aryl methyl sites for hydroxylation is 2. The maximum absolute atomic E-state index is 5.46. The van der Waals surface area contributed by atoms with E-state index in [-0.39, 0.29) is 0 Å². The van der Waals surface area contributed by atoms with E-state index in [0.717, 1.165) is 25.6 Å². The molecule has 2 heteroatoms. The summed E-state index contributed by atoms with van der Waals surface area (Å²) in [5.41, 5.74) is 4.26. The van der Waals surface area contributed by atoms with Gasteiger partial charge in [-0.25, -0.2) is 0 Å². The molecule has 0 spiro atoms. The largest absolute Gasteiger partial charge is 0.381 e. The molecule has 100 valence electrons. The van der Waals surface area contributed by atoms with Crippen LogP contribution >= 0.6 is 0 Å². The predicted octanol–water partition coefficient (Wildman–Crippen LogP) is 2.86. The van der Waals surface area contributed by atoms with Crippen LogP contribution in [-0.2, 0) is 11.2 Å². The molecule has 1 aliphatic rings. The van der Waals surface area contributed by atoms with Crippen LogP contribution in [0.25, 0.3) is 0 Å². The molecule has 1 aliphatic heterocycles. The highest BCUT2D eigenvalue weighted by molar-refractivity contribution is 5.31. The molecule has 1 aromatic rings. The Bertz CT molecular complexity index is 383. The number of benzene rings is 1. The Hall–Kier alpha value is -0.860. The number of hydrogen-bond donors (Lipinski definition) is 1. The van der Waals surface area contributed by atoms with Crippen molar-refractivity contribution in [3.8, 4) is 0 Å². The Labute approximate surface area is 111 Å². The number of hydrogen-bond acceptors (Lipinski definition) is 2. The molecule has 0 amide bonds. The molecule has 0 radical (unpaired) electrons. The van der Waals surface area contributed by atoms with E-state index in [4.69, 9.17) is 4.74 Å². The molecule has 1 saturated heterocycles. The van der Waals surface area contributed by atoms with Crippen molar-refractivity contribution in [2.75, 3.05) is 20.3 Å². The van der Waals surface area contributed by atoms with Crippen LogP contribution in [0, 0.1) is 19.8 Å². The van der Waals surface area contributed by atoms with Gasteiger partial charge in [0.15, 0.2) is 0 Å². The van der Waals surface area contributed by atoms with Gasteiger partial charge >= 0.3 is 0 Å². The monoisotopic (exact) mass is 247 g/mol. The van der Waals surface area contributed by atoms with E-state index in [1.165, 1.54) is 29.5 Å². The Kier molecular flexibility index (Phi) is 4.79. The van der Waals surface area contributed by atoms with Gasteiger partial charge in [0.2, 0.25) is 0 Å². The lowest BCUT2D eigenvalue weighted by atomic mass is 9.86. The van der Waals surface area contributed by atoms with E-state index in [2.05, 4.69) is 44.4 Å². The Morgan fingerprint density at radius 3 is 2.67 bits per heavy atom. The first-order valence-corrected chi connectivity index (χ1v) is 7.02. The predicted molar refractivity (Wildman–Crippen MR) is 76.0 cm³/mol. The van der Waals surface area contributed by atoms with Crippen LogP contribution in [0.15, 0.2) is 18.2 Å². The maximum Gasteiger partial charge on any atom is 0.0469 e. The molecule has 0 aliphatic carbocycles. The highest BCUT2D eigenvalue weighted by Crippen LogP contribution is 2.23. The van der Waals surface area contributed by atoms with E-state index >= 15 is 0 Å². The summed E-state index contributed by atoms with van der Waals surface area (Å²) in [6.07, 6.45) is 3.52. The van der Waals surface area contributed by atoms with Gasteiger partial charge in [-0.15, -0.1) is 0 Å². The van der Waals surface area contributed by atoms with Gasteiger partial charge in [-0.05, 0) is 57.2 Å². The van der Waals surface area contributed by atoms with Crippen LogP contribution in [0.5, 0.6) is 0 Å². The third-order valence-corrected chi connectivity index (χ3v) is 4.15. The van der Waals surface area contributed by atoms with E-state index in [1.807, 2.05) is 0 Å². The van der Waals surface area contributed by atoms with E-state index in [9.17, 15) is 0 Å². The lowest BCUT2D eigenvalue weighted by molar-refractivity contribution is 0.0547. The highest BCUT2D eigenvalue weighted by atomic mass is 16.5. The zero-order valence-electron chi connectivity index (χ0n) is 11.8. The number of ether oxygens (including phenoxy) is 1. The van der Waals surface area contributed by atoms with Crippen LogP contribution in [0.3, 0.4) is 0 Å². The summed E-state index contributed by atoms with van der Waals surface area (Å²) >= 11 is 0. The first kappa shape index (κ1) is 13.6. The molecular formula is C16H25NO. The summed E-state index contributed by atoms with van der Waals surface area (Å²) in [5, 5.41) is 3.51. The zero-order valence-corrected chi connectivity index (χ0v) is 11.8. The van der Waals surface area contributed by atoms with Crippen molar-refractivity contribution in [3.05, 3.63) is 34.9 Å². The van der Waals surface area contributed by atoms with E-state index < -0.39 is 0 Å². The van der Waals surface area contributed by atoms with Gasteiger partial charge < -0.3 is 10.1 Å². The summed E-state index contributed by atoms with van der Waals surface area (Å²) in [6, 6.07) is 7.34. The first-order valence-electron chi connectivity index (χ1n) is 7.02. The van der Waals surface area contributed by atoms with Crippen LogP contribution < -0.4 is 5.32 Å². The van der Waals surface area contributed by atoms with Crippen molar-refractivity contribution in [2.45, 2.75) is 39.2 Å². The van der Waals surface area contributed by atoms with Crippen LogP contribution in [0.2, 0.25) is 0 Å². The minimum absolute atomic E-state index is 0.578. The molecular weight excluding hydrogens is 222 g/mol. The standard InChI is InChI=1S/C16H25NO/c1-12-4-5-13(2)15(10-12)11-16(17-3)14-6-8-18-9-7-14/h4-5,10,14,16-17H,6-9,11H2,1-3H3. The van der Waals surface area contributed by atoms with Gasteiger partial charge in [0, 0.05) is 19.3 Å². The third kappa shape index (κ3) is 3.33. The second-order valence-electron chi connectivity index (χ2n) is 5.48. The third-order valence-electron chi connectivity index (χ3n) is 4.15. The molecule has 0 saturated carbocycles. The van der Waals surface area contributed by atoms with Crippen LogP contribution in [0.4, 0.5) is 0 Å². The molecule has 1 heterocycles. The molecule has 0 aromatic heterocycles. The van der Waals surface area contributed by atoms with Crippen molar-refractivity contribution in [1.82, 2.24) is 5.32 Å². The van der Waals surface area contributed by atoms with E-state index in [1.54, 1.807) is 0 Å². The van der Waals surface area contributed by atoms with E-state index in [0.29, 0.717) is 6.04 Å². The molecule has 18 heavy (non-hydrogen) atoms. The van der Waals surface area contributed by atoms with Gasteiger partial charge in [-0.2, -0.15) is 0 Å². The minimum Gasteiger partial charge on any atom is -0.381 e. The second kappa shape index (κ2) is 6.35. The van der Waals surface area contributed by atoms with Crippen molar-refractivity contribution >= 4 is 0 Å². The Morgan fingerprint density at radius 2 is 2.00 bits per heavy atom. The average Bonchev–Trinajstić information content (AvgIpc) is 2.41. The van der Waals surface area contributed by atoms with Gasteiger partial charge in [0.1, 0.15) is 0 Å². The van der Waals surface area contributed by atoms with Gasteiger partial charge in [0.05, 0.1) is 0 Å². The second-order valence-corrected chi connectivity index (χ2v) is 5.48. The van der Waals surface area contributed by atoms with Crippen molar-refractivity contribution in [3.63, 3.8) is 0 Å². The molecule has 2 nitrogen and oxygen atoms in total. The normalized spacial score (nSPS) is 18.8. The Morgan fingerprint density at radius 1 is 1.28 bits per heavy atom. The lowest BCUT2D eigenvalue weighted by Gasteiger charge is -2.30. The van der Waals surface area contributed by atoms with Crippen LogP contribution in [-0.4, -0.2) is 26.3 Å². The summed E-state index contributed by atoms with van der Waals surface area (Å²) in [6.45, 7) is 6.24. The number of likely N-dealkylation sites (N-methyl/N-ethyl adjacent to an activating group) is 1. The van der Waals surface area contributed by atoms with Crippen molar-refractivity contribution < 1.29 is 4.74 Å². The van der Waals surface area contributed by atoms with Crippen molar-refractivity contribution in [1.29, 1.82) is 0 Å². The Balaban J connectivity index is 2.06. The molecule has 0 bridgehead atoms. The topological polar surface area (TPSA) is 21.3 Å². The summed E-state index contributed by atoms with van der Waals surface area (Å²) in [7, 11) is 2.09. The first-order chi connectivity index (χ1) is 8.70. The molecule has 1 fully saturated rings. The van der Waals surface area contributed by atoms with Crippen molar-refractivity contribution in [2.24, 2.45) is 5.92 Å². The minimum atomic E-state index is 0.578. The average molecular weight is 247 g/mol. The molecule has 1 atom stereocenters. The maximum atomic E-state index is 5.46. The summed E-state index contributed by atoms with van der Waals surface area (Å²) < 4.78 is 5.46. The zero-order chi connectivity index (χ0) is 13.0. The van der Waals surface area contributed by atoms with Crippen LogP contribution in [0.1, 0.15) is 29.5 Å². The molecule has 1 unspecified atom stereocenters. The molecule has 2 rings (SSSR count). The fourth-order valence-electron chi connectivity index (χ4n) is 2.88. The van der Waals surface area contributed by atoms with Gasteiger partial charge in [0.25, 0.3) is 0 Å². The smallest absolute Gasteiger partial charge is 0.0469 e. The van der Waals surface area contributed by atoms with Gasteiger partial charge in [-0.1, -0.05) is 23.8 Å². The quantitative estimate of drug-likeness (QED) is 0.883. The molecule has 1 N–H and O–H groups in total. The van der Waals surface area contributed by atoms with Gasteiger partial charge in [-0.3, -0.25) is 0 Å². The summed E-state index contributed by atoms with van der Waals surface area (Å²) in [5.74, 6) is 0.753. The number of rotatable bonds is 4. The SMILES string of the molecule is CNC(Cc1cc(C)ccc1C)C1CCOCC1. The number of nitrogens with one attached hydrogen (secondary N) is 1. The fraction of sp³-hybridized carbons (Fsp3) is 0.625. The summed E-state index contributed by atoms with van der Waals surface area (Å²) in [4.78, 5) is 0. The highest BCUT2D eigenvalue weighted by Gasteiger charge is 2.23. The molecule has 1 aromatic carbocycles.